The van der Waals surface area contributed by atoms with Gasteiger partial charge in [-0.3, -0.25) is 4.90 Å². The van der Waals surface area contributed by atoms with Crippen molar-refractivity contribution < 1.29 is 9.53 Å². The van der Waals surface area contributed by atoms with Crippen LogP contribution in [0.15, 0.2) is 24.3 Å². The van der Waals surface area contributed by atoms with Gasteiger partial charge in [0.25, 0.3) is 0 Å². The molecule has 2 aliphatic heterocycles. The zero-order valence-electron chi connectivity index (χ0n) is 12.5. The van der Waals surface area contributed by atoms with Gasteiger partial charge in [-0.15, -0.1) is 0 Å². The Labute approximate surface area is 125 Å². The Bertz CT molecular complexity index is 524. The zero-order chi connectivity index (χ0) is 14.9. The van der Waals surface area contributed by atoms with Gasteiger partial charge in [0.1, 0.15) is 5.60 Å². The number of hydrogen-bond acceptors (Lipinski definition) is 4. The summed E-state index contributed by atoms with van der Waals surface area (Å²) in [6.07, 6.45) is 2.55. The van der Waals surface area contributed by atoms with Crippen LogP contribution >= 0.6 is 0 Å². The van der Waals surface area contributed by atoms with E-state index in [9.17, 15) is 4.79 Å². The molecule has 1 amide bonds. The largest absolute Gasteiger partial charge is 0.442 e. The Balaban J connectivity index is 1.72. The SMILES string of the molecule is CN1CCC2(CC1)CCN(c1cccc(CN)c1)C(=O)O2. The lowest BCUT2D eigenvalue weighted by molar-refractivity contribution is -0.0444. The molecule has 2 saturated heterocycles. The number of nitrogens with zero attached hydrogens (tertiary/aromatic N) is 2. The van der Waals surface area contributed by atoms with Crippen molar-refractivity contribution >= 4 is 11.8 Å². The molecule has 2 heterocycles. The van der Waals surface area contributed by atoms with E-state index in [4.69, 9.17) is 10.5 Å². The highest BCUT2D eigenvalue weighted by Gasteiger charge is 2.42. The predicted molar refractivity (Wildman–Crippen MR) is 82.2 cm³/mol. The summed E-state index contributed by atoms with van der Waals surface area (Å²) in [5.41, 5.74) is 7.33. The molecule has 1 aromatic rings. The number of carbonyl (C=O) groups excluding carboxylic acids is 1. The first-order valence-corrected chi connectivity index (χ1v) is 7.60. The minimum absolute atomic E-state index is 0.222. The minimum atomic E-state index is -0.244. The lowest BCUT2D eigenvalue weighted by Crippen LogP contribution is -2.54. The summed E-state index contributed by atoms with van der Waals surface area (Å²) in [6, 6.07) is 7.81. The van der Waals surface area contributed by atoms with Gasteiger partial charge >= 0.3 is 6.09 Å². The van der Waals surface area contributed by atoms with Gasteiger partial charge in [-0.05, 0) is 24.7 Å². The number of ether oxygens (including phenoxy) is 1. The topological polar surface area (TPSA) is 58.8 Å². The Kier molecular flexibility index (Phi) is 3.87. The molecule has 3 rings (SSSR count). The molecule has 0 radical (unpaired) electrons. The van der Waals surface area contributed by atoms with Crippen LogP contribution in [0.4, 0.5) is 10.5 Å². The standard InChI is InChI=1S/C16H23N3O2/c1-18-8-5-16(6-9-18)7-10-19(15(20)21-16)14-4-2-3-13(11-14)12-17/h2-4,11H,5-10,12,17H2,1H3. The molecule has 2 N–H and O–H groups in total. The van der Waals surface area contributed by atoms with E-state index in [0.29, 0.717) is 6.54 Å². The summed E-state index contributed by atoms with van der Waals surface area (Å²) in [7, 11) is 2.11. The van der Waals surface area contributed by atoms with E-state index in [2.05, 4.69) is 11.9 Å². The van der Waals surface area contributed by atoms with Gasteiger partial charge in [0, 0.05) is 51.1 Å². The molecule has 0 aromatic heterocycles. The molecule has 5 heteroatoms. The van der Waals surface area contributed by atoms with Crippen molar-refractivity contribution in [2.75, 3.05) is 31.6 Å². The van der Waals surface area contributed by atoms with Crippen molar-refractivity contribution in [1.29, 1.82) is 0 Å². The van der Waals surface area contributed by atoms with E-state index < -0.39 is 0 Å². The van der Waals surface area contributed by atoms with Crippen molar-refractivity contribution in [3.8, 4) is 0 Å². The number of likely N-dealkylation sites (tertiary alicyclic amines) is 1. The van der Waals surface area contributed by atoms with Gasteiger partial charge < -0.3 is 15.4 Å². The summed E-state index contributed by atoms with van der Waals surface area (Å²) >= 11 is 0. The molecule has 1 aromatic carbocycles. The summed E-state index contributed by atoms with van der Waals surface area (Å²) in [5.74, 6) is 0. The van der Waals surface area contributed by atoms with Crippen LogP contribution in [0.3, 0.4) is 0 Å². The number of nitrogens with two attached hydrogens (primary N) is 1. The average molecular weight is 289 g/mol. The summed E-state index contributed by atoms with van der Waals surface area (Å²) in [4.78, 5) is 16.4. The average Bonchev–Trinajstić information content (AvgIpc) is 2.51. The number of carbonyl (C=O) groups is 1. The van der Waals surface area contributed by atoms with Crippen LogP contribution < -0.4 is 10.6 Å². The summed E-state index contributed by atoms with van der Waals surface area (Å²) in [6.45, 7) is 3.19. The van der Waals surface area contributed by atoms with Crippen molar-refractivity contribution in [2.24, 2.45) is 5.73 Å². The fourth-order valence-electron chi connectivity index (χ4n) is 3.16. The molecule has 0 saturated carbocycles. The second kappa shape index (κ2) is 5.66. The molecule has 21 heavy (non-hydrogen) atoms. The third-order valence-electron chi connectivity index (χ3n) is 4.67. The Morgan fingerprint density at radius 2 is 1.95 bits per heavy atom. The summed E-state index contributed by atoms with van der Waals surface area (Å²) in [5, 5.41) is 0. The minimum Gasteiger partial charge on any atom is -0.442 e. The third kappa shape index (κ3) is 2.89. The van der Waals surface area contributed by atoms with Crippen LogP contribution in [0.1, 0.15) is 24.8 Å². The first kappa shape index (κ1) is 14.4. The predicted octanol–water partition coefficient (Wildman–Crippen LogP) is 1.96. The molecule has 2 aliphatic rings. The van der Waals surface area contributed by atoms with Gasteiger partial charge in [-0.1, -0.05) is 12.1 Å². The molecule has 0 aliphatic carbocycles. The van der Waals surface area contributed by atoms with Crippen molar-refractivity contribution in [3.63, 3.8) is 0 Å². The van der Waals surface area contributed by atoms with Crippen LogP contribution in [0.5, 0.6) is 0 Å². The lowest BCUT2D eigenvalue weighted by Gasteiger charge is -2.45. The van der Waals surface area contributed by atoms with Crippen LogP contribution in [0.25, 0.3) is 0 Å². The Hall–Kier alpha value is -1.59. The van der Waals surface area contributed by atoms with E-state index in [0.717, 1.165) is 50.1 Å². The fourth-order valence-corrected chi connectivity index (χ4v) is 3.16. The zero-order valence-corrected chi connectivity index (χ0v) is 12.5. The molecule has 1 spiro atoms. The highest BCUT2D eigenvalue weighted by atomic mass is 16.6. The number of anilines is 1. The summed E-state index contributed by atoms with van der Waals surface area (Å²) < 4.78 is 5.83. The number of benzene rings is 1. The quantitative estimate of drug-likeness (QED) is 0.904. The Morgan fingerprint density at radius 3 is 2.62 bits per heavy atom. The van der Waals surface area contributed by atoms with Crippen LogP contribution in [-0.2, 0) is 11.3 Å². The smallest absolute Gasteiger partial charge is 0.414 e. The molecule has 5 nitrogen and oxygen atoms in total. The van der Waals surface area contributed by atoms with Crippen molar-refractivity contribution in [2.45, 2.75) is 31.4 Å². The maximum absolute atomic E-state index is 12.4. The second-order valence-corrected chi connectivity index (χ2v) is 6.13. The number of rotatable bonds is 2. The Morgan fingerprint density at radius 1 is 1.24 bits per heavy atom. The number of piperidine rings is 1. The normalized spacial score (nSPS) is 22.4. The van der Waals surface area contributed by atoms with E-state index in [1.807, 2.05) is 24.3 Å². The van der Waals surface area contributed by atoms with Crippen LogP contribution in [0, 0.1) is 0 Å². The van der Waals surface area contributed by atoms with Gasteiger partial charge in [-0.25, -0.2) is 4.79 Å². The maximum atomic E-state index is 12.4. The van der Waals surface area contributed by atoms with E-state index in [1.54, 1.807) is 4.90 Å². The monoisotopic (exact) mass is 289 g/mol. The van der Waals surface area contributed by atoms with Gasteiger partial charge in [0.15, 0.2) is 0 Å². The van der Waals surface area contributed by atoms with E-state index >= 15 is 0 Å². The first-order chi connectivity index (χ1) is 10.1. The highest BCUT2D eigenvalue weighted by Crippen LogP contribution is 2.35. The van der Waals surface area contributed by atoms with Crippen LogP contribution in [0.2, 0.25) is 0 Å². The van der Waals surface area contributed by atoms with Crippen molar-refractivity contribution in [1.82, 2.24) is 4.90 Å². The molecule has 0 atom stereocenters. The van der Waals surface area contributed by atoms with Crippen LogP contribution in [-0.4, -0.2) is 43.3 Å². The third-order valence-corrected chi connectivity index (χ3v) is 4.67. The van der Waals surface area contributed by atoms with Gasteiger partial charge in [0.2, 0.25) is 0 Å². The van der Waals surface area contributed by atoms with Gasteiger partial charge in [0.05, 0.1) is 0 Å². The molecule has 114 valence electrons. The maximum Gasteiger partial charge on any atom is 0.414 e. The fraction of sp³-hybridized carbons (Fsp3) is 0.562. The molecular weight excluding hydrogens is 266 g/mol. The molecule has 2 fully saturated rings. The molecule has 0 unspecified atom stereocenters. The highest BCUT2D eigenvalue weighted by molar-refractivity contribution is 5.88. The van der Waals surface area contributed by atoms with E-state index in [-0.39, 0.29) is 11.7 Å². The number of hydrogen-bond donors (Lipinski definition) is 1. The number of amides is 1. The molecule has 0 bridgehead atoms. The van der Waals surface area contributed by atoms with Crippen molar-refractivity contribution in [3.05, 3.63) is 29.8 Å². The second-order valence-electron chi connectivity index (χ2n) is 6.13. The molecular formula is C16H23N3O2. The first-order valence-electron chi connectivity index (χ1n) is 7.60. The lowest BCUT2D eigenvalue weighted by atomic mass is 9.87. The van der Waals surface area contributed by atoms with Gasteiger partial charge in [-0.2, -0.15) is 0 Å². The van der Waals surface area contributed by atoms with E-state index in [1.165, 1.54) is 0 Å².